The van der Waals surface area contributed by atoms with E-state index in [1.165, 1.54) is 0 Å². The molecule has 58 valence electrons. The molecule has 0 aromatic heterocycles. The lowest BCUT2D eigenvalue weighted by Gasteiger charge is -2.18. The fourth-order valence-electron chi connectivity index (χ4n) is 0.368. The Morgan fingerprint density at radius 3 is 2.40 bits per heavy atom. The lowest BCUT2D eigenvalue weighted by molar-refractivity contribution is -0.143. The molecule has 0 fully saturated rings. The first kappa shape index (κ1) is 9.45. The van der Waals surface area contributed by atoms with Crippen molar-refractivity contribution in [3.8, 4) is 0 Å². The quantitative estimate of drug-likeness (QED) is 0.377. The molecule has 0 bridgehead atoms. The Balaban J connectivity index is 4.21. The van der Waals surface area contributed by atoms with Crippen LogP contribution in [0.2, 0.25) is 0 Å². The van der Waals surface area contributed by atoms with Gasteiger partial charge in [0.15, 0.2) is 0 Å². The Hall–Kier alpha value is -0.550. The molecule has 0 amide bonds. The summed E-state index contributed by atoms with van der Waals surface area (Å²) < 4.78 is 0. The maximum absolute atomic E-state index is 10.3. The van der Waals surface area contributed by atoms with Crippen LogP contribution in [0.25, 0.3) is 0 Å². The zero-order valence-corrected chi connectivity index (χ0v) is 6.17. The zero-order chi connectivity index (χ0) is 8.20. The number of aliphatic carboxylic acids is 1. The maximum Gasteiger partial charge on any atom is 0.324 e. The Kier molecular flexibility index (Phi) is 3.38. The number of aldehydes is 1. The normalized spacial score (nSPS) is 15.8. The number of carboxylic acid groups (broad SMARTS) is 1. The Bertz CT molecular complexity index is 150. The number of rotatable bonds is 4. The van der Waals surface area contributed by atoms with Crippen LogP contribution in [0.1, 0.15) is 6.42 Å². The van der Waals surface area contributed by atoms with Gasteiger partial charge in [0.05, 0.1) is 0 Å². The molecule has 0 saturated heterocycles. The lowest BCUT2D eigenvalue weighted by atomic mass is 10.0. The van der Waals surface area contributed by atoms with Crippen molar-refractivity contribution in [2.45, 2.75) is 12.0 Å². The Morgan fingerprint density at radius 1 is 1.80 bits per heavy atom. The Labute approximate surface area is 63.8 Å². The van der Waals surface area contributed by atoms with Gasteiger partial charge in [-0.2, -0.15) is 12.6 Å². The van der Waals surface area contributed by atoms with Gasteiger partial charge in [0, 0.05) is 12.2 Å². The highest BCUT2D eigenvalue weighted by Crippen LogP contribution is 2.06. The number of hydrogen-bond donors (Lipinski definition) is 3. The summed E-state index contributed by atoms with van der Waals surface area (Å²) in [6.45, 7) is 0. The van der Waals surface area contributed by atoms with Crippen molar-refractivity contribution in [2.75, 3.05) is 5.75 Å². The van der Waals surface area contributed by atoms with Gasteiger partial charge >= 0.3 is 5.97 Å². The summed E-state index contributed by atoms with van der Waals surface area (Å²) in [4.78, 5) is 20.2. The third-order valence-electron chi connectivity index (χ3n) is 1.16. The summed E-state index contributed by atoms with van der Waals surface area (Å²) in [7, 11) is 0. The zero-order valence-electron chi connectivity index (χ0n) is 5.28. The molecule has 0 heterocycles. The molecule has 3 N–H and O–H groups in total. The topological polar surface area (TPSA) is 80.4 Å². The van der Waals surface area contributed by atoms with Gasteiger partial charge in [-0.1, -0.05) is 0 Å². The number of carboxylic acids is 1. The third-order valence-corrected chi connectivity index (χ3v) is 1.72. The first-order chi connectivity index (χ1) is 4.56. The summed E-state index contributed by atoms with van der Waals surface area (Å²) >= 11 is 3.71. The van der Waals surface area contributed by atoms with Crippen LogP contribution >= 0.6 is 12.6 Å². The smallest absolute Gasteiger partial charge is 0.324 e. The first-order valence-electron chi connectivity index (χ1n) is 2.63. The number of hydrogen-bond acceptors (Lipinski definition) is 4. The minimum absolute atomic E-state index is 0.0406. The molecule has 0 radical (unpaired) electrons. The van der Waals surface area contributed by atoms with Crippen molar-refractivity contribution in [1.82, 2.24) is 0 Å². The number of carbonyl (C=O) groups excluding carboxylic acids is 1. The van der Waals surface area contributed by atoms with Crippen LogP contribution in [0.5, 0.6) is 0 Å². The molecule has 1 atom stereocenters. The summed E-state index contributed by atoms with van der Waals surface area (Å²) in [5.74, 6) is -1.24. The van der Waals surface area contributed by atoms with Gasteiger partial charge in [0.25, 0.3) is 0 Å². The van der Waals surface area contributed by atoms with Gasteiger partial charge in [0.1, 0.15) is 11.8 Å². The number of thiol groups is 1. The van der Waals surface area contributed by atoms with Crippen molar-refractivity contribution in [3.63, 3.8) is 0 Å². The van der Waals surface area contributed by atoms with Crippen LogP contribution in [0.4, 0.5) is 0 Å². The number of nitrogens with two attached hydrogens (primary N) is 1. The van der Waals surface area contributed by atoms with E-state index in [1.807, 2.05) is 0 Å². The highest BCUT2D eigenvalue weighted by Gasteiger charge is 2.31. The van der Waals surface area contributed by atoms with Gasteiger partial charge in [0.2, 0.25) is 0 Å². The molecule has 0 aromatic rings. The van der Waals surface area contributed by atoms with Crippen molar-refractivity contribution >= 4 is 24.9 Å². The second-order valence-electron chi connectivity index (χ2n) is 1.99. The van der Waals surface area contributed by atoms with Crippen molar-refractivity contribution < 1.29 is 14.7 Å². The average molecular weight is 163 g/mol. The van der Waals surface area contributed by atoms with Gasteiger partial charge < -0.3 is 15.6 Å². The van der Waals surface area contributed by atoms with Crippen molar-refractivity contribution in [1.29, 1.82) is 0 Å². The van der Waals surface area contributed by atoms with Crippen LogP contribution in [-0.4, -0.2) is 28.7 Å². The van der Waals surface area contributed by atoms with Gasteiger partial charge in [-0.05, 0) is 0 Å². The minimum Gasteiger partial charge on any atom is -0.480 e. The lowest BCUT2D eigenvalue weighted by Crippen LogP contribution is -2.50. The van der Waals surface area contributed by atoms with E-state index in [9.17, 15) is 9.59 Å². The summed E-state index contributed by atoms with van der Waals surface area (Å²) in [5, 5.41) is 8.43. The van der Waals surface area contributed by atoms with E-state index in [4.69, 9.17) is 10.8 Å². The minimum atomic E-state index is -1.50. The van der Waals surface area contributed by atoms with Crippen LogP contribution in [0.15, 0.2) is 0 Å². The van der Waals surface area contributed by atoms with Crippen LogP contribution in [0.3, 0.4) is 0 Å². The summed E-state index contributed by atoms with van der Waals surface area (Å²) in [6.07, 6.45) is 0.274. The molecule has 4 nitrogen and oxygen atoms in total. The van der Waals surface area contributed by atoms with E-state index in [0.29, 0.717) is 6.29 Å². The van der Waals surface area contributed by atoms with Crippen LogP contribution in [0, 0.1) is 0 Å². The van der Waals surface area contributed by atoms with Gasteiger partial charge in [-0.15, -0.1) is 0 Å². The van der Waals surface area contributed by atoms with Crippen LogP contribution < -0.4 is 5.73 Å². The fourth-order valence-corrected chi connectivity index (χ4v) is 0.633. The molecule has 0 spiro atoms. The predicted molar refractivity (Wildman–Crippen MR) is 39.1 cm³/mol. The molecule has 0 aliphatic heterocycles. The first-order valence-corrected chi connectivity index (χ1v) is 3.27. The molecule has 0 aliphatic rings. The van der Waals surface area contributed by atoms with E-state index in [1.54, 1.807) is 0 Å². The molecule has 10 heavy (non-hydrogen) atoms. The number of carbonyl (C=O) groups is 2. The SMILES string of the molecule is N[C@](CS)(CC=O)C(=O)O. The third kappa shape index (κ3) is 2.00. The van der Waals surface area contributed by atoms with Gasteiger partial charge in [-0.25, -0.2) is 0 Å². The van der Waals surface area contributed by atoms with E-state index in [0.717, 1.165) is 0 Å². The molecule has 5 heteroatoms. The second kappa shape index (κ2) is 3.58. The highest BCUT2D eigenvalue weighted by atomic mass is 32.1. The van der Waals surface area contributed by atoms with E-state index in [-0.39, 0.29) is 12.2 Å². The highest BCUT2D eigenvalue weighted by molar-refractivity contribution is 7.80. The molecule has 0 aliphatic carbocycles. The second-order valence-corrected chi connectivity index (χ2v) is 2.31. The Morgan fingerprint density at radius 2 is 2.30 bits per heavy atom. The molecule has 0 rings (SSSR count). The summed E-state index contributed by atoms with van der Waals surface area (Å²) in [5.41, 5.74) is 3.75. The summed E-state index contributed by atoms with van der Waals surface area (Å²) in [6, 6.07) is 0. The average Bonchev–Trinajstić information content (AvgIpc) is 1.88. The standard InChI is InChI=1S/C5H9NO3S/c6-5(3-10,1-2-7)4(8)9/h2,10H,1,3,6H2,(H,8,9)/t5-/m0/s1. The van der Waals surface area contributed by atoms with Crippen molar-refractivity contribution in [3.05, 3.63) is 0 Å². The molecule has 0 unspecified atom stereocenters. The van der Waals surface area contributed by atoms with E-state index < -0.39 is 11.5 Å². The molecule has 0 aromatic carbocycles. The maximum atomic E-state index is 10.3. The monoisotopic (exact) mass is 163 g/mol. The van der Waals surface area contributed by atoms with Crippen molar-refractivity contribution in [2.24, 2.45) is 5.73 Å². The predicted octanol–water partition coefficient (Wildman–Crippen LogP) is -0.713. The molecular weight excluding hydrogens is 154 g/mol. The van der Waals surface area contributed by atoms with E-state index >= 15 is 0 Å². The molecular formula is C5H9NO3S. The van der Waals surface area contributed by atoms with Gasteiger partial charge in [-0.3, -0.25) is 4.79 Å². The molecule has 0 saturated carbocycles. The largest absolute Gasteiger partial charge is 0.480 e. The fraction of sp³-hybridized carbons (Fsp3) is 0.600. The van der Waals surface area contributed by atoms with E-state index in [2.05, 4.69) is 12.6 Å². The van der Waals surface area contributed by atoms with Crippen LogP contribution in [-0.2, 0) is 9.59 Å².